The zero-order valence-corrected chi connectivity index (χ0v) is 19.4. The molecule has 9 heteroatoms. The number of fused-ring (bicyclic) bond motifs is 1. The zero-order chi connectivity index (χ0) is 23.1. The van der Waals surface area contributed by atoms with E-state index in [0.717, 1.165) is 10.8 Å². The summed E-state index contributed by atoms with van der Waals surface area (Å²) in [5.41, 5.74) is 0. The van der Waals surface area contributed by atoms with Gasteiger partial charge in [-0.15, -0.1) is 0 Å². The fraction of sp³-hybridized carbons (Fsp3) is 0.478. The number of sulfonamides is 1. The van der Waals surface area contributed by atoms with Crippen LogP contribution in [-0.2, 0) is 24.3 Å². The van der Waals surface area contributed by atoms with E-state index in [9.17, 15) is 18.0 Å². The Hall–Kier alpha value is -2.49. The molecule has 0 saturated carbocycles. The molecular weight excluding hydrogens is 430 g/mol. The summed E-state index contributed by atoms with van der Waals surface area (Å²) >= 11 is 0. The molecule has 32 heavy (non-hydrogen) atoms. The molecule has 1 aliphatic rings. The number of nitrogens with zero attached hydrogens (tertiary/aromatic N) is 2. The summed E-state index contributed by atoms with van der Waals surface area (Å²) in [5.74, 6) is -0.627. The van der Waals surface area contributed by atoms with Crippen molar-refractivity contribution in [2.24, 2.45) is 5.92 Å². The van der Waals surface area contributed by atoms with Crippen LogP contribution in [0.2, 0.25) is 0 Å². The lowest BCUT2D eigenvalue weighted by Gasteiger charge is -2.32. The second-order valence-electron chi connectivity index (χ2n) is 8.08. The maximum atomic E-state index is 13.1. The summed E-state index contributed by atoms with van der Waals surface area (Å²) in [4.78, 5) is 26.4. The van der Waals surface area contributed by atoms with Crippen LogP contribution in [0.1, 0.15) is 19.3 Å². The summed E-state index contributed by atoms with van der Waals surface area (Å²) in [5, 5.41) is 4.63. The van der Waals surface area contributed by atoms with Gasteiger partial charge in [0.05, 0.1) is 11.4 Å². The Bertz CT molecular complexity index is 1050. The number of benzene rings is 2. The standard InChI is InChI=1S/C23H31N3O5S/c1-25(17-22(27)24-12-5-15-31-2)23(28)19-10-13-26(14-11-19)32(29,30)21-9-8-18-6-3-4-7-20(18)16-21/h3-4,6-9,16,19H,5,10-15,17H2,1-2H3,(H,24,27). The highest BCUT2D eigenvalue weighted by molar-refractivity contribution is 7.89. The number of likely N-dealkylation sites (N-methyl/N-ethyl adjacent to an activating group) is 1. The van der Waals surface area contributed by atoms with Crippen LogP contribution in [0.5, 0.6) is 0 Å². The van der Waals surface area contributed by atoms with Gasteiger partial charge in [0.25, 0.3) is 0 Å². The number of methoxy groups -OCH3 is 1. The molecule has 3 rings (SSSR count). The van der Waals surface area contributed by atoms with Gasteiger partial charge in [-0.3, -0.25) is 9.59 Å². The van der Waals surface area contributed by atoms with E-state index < -0.39 is 10.0 Å². The van der Waals surface area contributed by atoms with Crippen molar-refractivity contribution in [1.82, 2.24) is 14.5 Å². The SMILES string of the molecule is COCCCNC(=O)CN(C)C(=O)C1CCN(S(=O)(=O)c2ccc3ccccc3c2)CC1. The second kappa shape index (κ2) is 10.9. The fourth-order valence-electron chi connectivity index (χ4n) is 3.93. The number of ether oxygens (including phenoxy) is 1. The Morgan fingerprint density at radius 1 is 1.12 bits per heavy atom. The number of rotatable bonds is 9. The van der Waals surface area contributed by atoms with E-state index in [4.69, 9.17) is 4.74 Å². The number of hydrogen-bond acceptors (Lipinski definition) is 5. The summed E-state index contributed by atoms with van der Waals surface area (Å²) in [6.07, 6.45) is 1.58. The molecule has 0 spiro atoms. The molecule has 1 heterocycles. The first-order valence-corrected chi connectivity index (χ1v) is 12.3. The van der Waals surface area contributed by atoms with Crippen LogP contribution in [-0.4, -0.2) is 76.4 Å². The molecule has 0 aromatic heterocycles. The van der Waals surface area contributed by atoms with Gasteiger partial charge in [-0.2, -0.15) is 4.31 Å². The van der Waals surface area contributed by atoms with Crippen LogP contribution in [0.4, 0.5) is 0 Å². The third kappa shape index (κ3) is 5.85. The van der Waals surface area contributed by atoms with Gasteiger partial charge in [-0.25, -0.2) is 8.42 Å². The average Bonchev–Trinajstić information content (AvgIpc) is 2.81. The lowest BCUT2D eigenvalue weighted by molar-refractivity contribution is -0.139. The van der Waals surface area contributed by atoms with E-state index in [2.05, 4.69) is 5.32 Å². The molecule has 0 radical (unpaired) electrons. The van der Waals surface area contributed by atoms with E-state index in [0.29, 0.717) is 32.4 Å². The van der Waals surface area contributed by atoms with Crippen LogP contribution < -0.4 is 5.32 Å². The molecule has 0 unspecified atom stereocenters. The summed E-state index contributed by atoms with van der Waals surface area (Å²) in [6, 6.07) is 12.8. The van der Waals surface area contributed by atoms with Crippen LogP contribution in [0.15, 0.2) is 47.4 Å². The first-order chi connectivity index (χ1) is 15.3. The Morgan fingerprint density at radius 2 is 1.81 bits per heavy atom. The Labute approximate surface area is 189 Å². The molecule has 0 aliphatic carbocycles. The molecule has 2 aromatic carbocycles. The van der Waals surface area contributed by atoms with Crippen molar-refractivity contribution in [3.8, 4) is 0 Å². The number of piperidine rings is 1. The van der Waals surface area contributed by atoms with Crippen LogP contribution in [0.3, 0.4) is 0 Å². The van der Waals surface area contributed by atoms with Crippen LogP contribution in [0.25, 0.3) is 10.8 Å². The highest BCUT2D eigenvalue weighted by Crippen LogP contribution is 2.27. The maximum absolute atomic E-state index is 13.1. The third-order valence-corrected chi connectivity index (χ3v) is 7.66. The summed E-state index contributed by atoms with van der Waals surface area (Å²) in [6.45, 7) is 1.61. The number of amides is 2. The minimum absolute atomic E-state index is 0.0125. The van der Waals surface area contributed by atoms with Gasteiger partial charge in [0, 0.05) is 46.3 Å². The van der Waals surface area contributed by atoms with Crippen molar-refractivity contribution in [2.45, 2.75) is 24.2 Å². The van der Waals surface area contributed by atoms with E-state index >= 15 is 0 Å². The van der Waals surface area contributed by atoms with Crippen LogP contribution >= 0.6 is 0 Å². The first kappa shape index (κ1) is 24.2. The Kier molecular flexibility index (Phi) is 8.22. The quantitative estimate of drug-likeness (QED) is 0.575. The van der Waals surface area contributed by atoms with E-state index in [1.54, 1.807) is 26.3 Å². The number of nitrogens with one attached hydrogen (secondary N) is 1. The highest BCUT2D eigenvalue weighted by Gasteiger charge is 2.33. The minimum Gasteiger partial charge on any atom is -0.385 e. The van der Waals surface area contributed by atoms with Gasteiger partial charge in [-0.05, 0) is 42.2 Å². The van der Waals surface area contributed by atoms with Gasteiger partial charge in [0.1, 0.15) is 0 Å². The molecule has 1 N–H and O–H groups in total. The number of hydrogen-bond donors (Lipinski definition) is 1. The van der Waals surface area contributed by atoms with Crippen molar-refractivity contribution in [1.29, 1.82) is 0 Å². The fourth-order valence-corrected chi connectivity index (χ4v) is 5.43. The normalized spacial score (nSPS) is 15.6. The Balaban J connectivity index is 1.54. The number of carbonyl (C=O) groups is 2. The molecule has 174 valence electrons. The maximum Gasteiger partial charge on any atom is 0.243 e. The van der Waals surface area contributed by atoms with Crippen LogP contribution in [0, 0.1) is 5.92 Å². The molecule has 1 fully saturated rings. The van der Waals surface area contributed by atoms with E-state index in [1.165, 1.54) is 9.21 Å². The van der Waals surface area contributed by atoms with Gasteiger partial charge in [0.2, 0.25) is 21.8 Å². The third-order valence-electron chi connectivity index (χ3n) is 5.77. The largest absolute Gasteiger partial charge is 0.385 e. The van der Waals surface area contributed by atoms with Gasteiger partial charge < -0.3 is 15.0 Å². The van der Waals surface area contributed by atoms with Crippen molar-refractivity contribution < 1.29 is 22.7 Å². The van der Waals surface area contributed by atoms with E-state index in [1.807, 2.05) is 30.3 Å². The topological polar surface area (TPSA) is 96.0 Å². The summed E-state index contributed by atoms with van der Waals surface area (Å²) < 4.78 is 32.6. The number of carbonyl (C=O) groups excluding carboxylic acids is 2. The lowest BCUT2D eigenvalue weighted by Crippen LogP contribution is -2.45. The van der Waals surface area contributed by atoms with Crippen molar-refractivity contribution in [3.63, 3.8) is 0 Å². The minimum atomic E-state index is -3.62. The predicted octanol–water partition coefficient (Wildman–Crippen LogP) is 1.85. The summed E-state index contributed by atoms with van der Waals surface area (Å²) in [7, 11) is -0.413. The second-order valence-corrected chi connectivity index (χ2v) is 10.0. The van der Waals surface area contributed by atoms with Gasteiger partial charge >= 0.3 is 0 Å². The van der Waals surface area contributed by atoms with Crippen molar-refractivity contribution in [3.05, 3.63) is 42.5 Å². The zero-order valence-electron chi connectivity index (χ0n) is 18.6. The van der Waals surface area contributed by atoms with Crippen molar-refractivity contribution in [2.75, 3.05) is 46.9 Å². The lowest BCUT2D eigenvalue weighted by atomic mass is 9.96. The predicted molar refractivity (Wildman–Crippen MR) is 123 cm³/mol. The molecule has 2 aromatic rings. The molecule has 1 saturated heterocycles. The highest BCUT2D eigenvalue weighted by atomic mass is 32.2. The van der Waals surface area contributed by atoms with E-state index in [-0.39, 0.29) is 42.3 Å². The average molecular weight is 462 g/mol. The molecule has 1 aliphatic heterocycles. The molecule has 8 nitrogen and oxygen atoms in total. The first-order valence-electron chi connectivity index (χ1n) is 10.8. The van der Waals surface area contributed by atoms with Gasteiger partial charge in [-0.1, -0.05) is 30.3 Å². The molecule has 2 amide bonds. The smallest absolute Gasteiger partial charge is 0.243 e. The molecule has 0 atom stereocenters. The molecule has 0 bridgehead atoms. The van der Waals surface area contributed by atoms with Gasteiger partial charge in [0.15, 0.2) is 0 Å². The van der Waals surface area contributed by atoms with Crippen molar-refractivity contribution >= 4 is 32.6 Å². The monoisotopic (exact) mass is 461 g/mol. The Morgan fingerprint density at radius 3 is 2.50 bits per heavy atom. The molecular formula is C23H31N3O5S.